The Morgan fingerprint density at radius 3 is 1.88 bits per heavy atom. The summed E-state index contributed by atoms with van der Waals surface area (Å²) in [6.45, 7) is 6.95. The molecule has 0 saturated heterocycles. The SMILES string of the molecule is CC(C)OC(=O)c1ccc(N2C(=O)C(Cl)=C(Nc3ccc(C(=O)Nc4cccc(C(=O)OC(C)C)c4)cc3)C2=O)cc1. The van der Waals surface area contributed by atoms with E-state index in [0.29, 0.717) is 22.5 Å². The summed E-state index contributed by atoms with van der Waals surface area (Å²) in [7, 11) is 0. The van der Waals surface area contributed by atoms with Crippen molar-refractivity contribution in [1.29, 1.82) is 0 Å². The number of ether oxygens (including phenoxy) is 2. The number of hydrogen-bond acceptors (Lipinski definition) is 8. The Hall–Kier alpha value is -4.96. The number of imide groups is 1. The average Bonchev–Trinajstić information content (AvgIpc) is 3.15. The number of halogens is 1. The van der Waals surface area contributed by atoms with Gasteiger partial charge in [0.05, 0.1) is 29.0 Å². The second-order valence-corrected chi connectivity index (χ2v) is 10.2. The van der Waals surface area contributed by atoms with Gasteiger partial charge in [-0.05, 0) is 94.4 Å². The molecule has 10 nitrogen and oxygen atoms in total. The Bertz CT molecular complexity index is 1580. The Morgan fingerprint density at radius 2 is 1.29 bits per heavy atom. The van der Waals surface area contributed by atoms with Crippen LogP contribution in [0.1, 0.15) is 58.8 Å². The minimum atomic E-state index is -0.725. The molecule has 1 heterocycles. The molecule has 4 rings (SSSR count). The molecule has 0 saturated carbocycles. The van der Waals surface area contributed by atoms with Gasteiger partial charge >= 0.3 is 11.9 Å². The first-order chi connectivity index (χ1) is 19.9. The number of amides is 3. The lowest BCUT2D eigenvalue weighted by molar-refractivity contribution is -0.120. The van der Waals surface area contributed by atoms with Crippen LogP contribution in [-0.4, -0.2) is 41.9 Å². The second-order valence-electron chi connectivity index (χ2n) is 9.83. The van der Waals surface area contributed by atoms with E-state index in [1.165, 1.54) is 42.5 Å². The molecule has 2 N–H and O–H groups in total. The molecule has 0 fully saturated rings. The highest BCUT2D eigenvalue weighted by Gasteiger charge is 2.39. The fourth-order valence-corrected chi connectivity index (χ4v) is 4.15. The van der Waals surface area contributed by atoms with Crippen LogP contribution < -0.4 is 15.5 Å². The van der Waals surface area contributed by atoms with E-state index in [2.05, 4.69) is 10.6 Å². The molecule has 1 aliphatic heterocycles. The molecule has 0 unspecified atom stereocenters. The normalized spacial score (nSPS) is 13.1. The molecule has 0 aromatic heterocycles. The second kappa shape index (κ2) is 12.7. The van der Waals surface area contributed by atoms with Crippen molar-refractivity contribution in [2.24, 2.45) is 0 Å². The van der Waals surface area contributed by atoms with Gasteiger partial charge in [0.15, 0.2) is 0 Å². The van der Waals surface area contributed by atoms with Crippen LogP contribution in [-0.2, 0) is 19.1 Å². The maximum absolute atomic E-state index is 13.1. The van der Waals surface area contributed by atoms with Gasteiger partial charge < -0.3 is 20.1 Å². The number of nitrogens with one attached hydrogen (secondary N) is 2. The maximum atomic E-state index is 13.1. The van der Waals surface area contributed by atoms with Gasteiger partial charge in [-0.25, -0.2) is 14.5 Å². The number of esters is 2. The summed E-state index contributed by atoms with van der Waals surface area (Å²) in [6, 6.07) is 18.4. The number of carbonyl (C=O) groups is 5. The van der Waals surface area contributed by atoms with E-state index in [1.54, 1.807) is 58.0 Å². The van der Waals surface area contributed by atoms with E-state index in [9.17, 15) is 24.0 Å². The quantitative estimate of drug-likeness (QED) is 0.247. The fourth-order valence-electron chi connectivity index (χ4n) is 3.93. The van der Waals surface area contributed by atoms with Crippen molar-refractivity contribution >= 4 is 58.3 Å². The molecule has 0 radical (unpaired) electrons. The average molecular weight is 590 g/mol. The molecule has 0 spiro atoms. The monoisotopic (exact) mass is 589 g/mol. The third-order valence-electron chi connectivity index (χ3n) is 5.85. The first-order valence-corrected chi connectivity index (χ1v) is 13.4. The Labute approximate surface area is 247 Å². The van der Waals surface area contributed by atoms with Gasteiger partial charge in [-0.3, -0.25) is 14.4 Å². The Balaban J connectivity index is 1.42. The van der Waals surface area contributed by atoms with Crippen LogP contribution in [0.15, 0.2) is 83.5 Å². The summed E-state index contributed by atoms with van der Waals surface area (Å²) >= 11 is 6.23. The molecule has 3 aromatic carbocycles. The molecular weight excluding hydrogens is 562 g/mol. The zero-order chi connectivity index (χ0) is 30.6. The number of hydrogen-bond donors (Lipinski definition) is 2. The fraction of sp³-hybridized carbons (Fsp3) is 0.194. The third kappa shape index (κ3) is 6.84. The lowest BCUT2D eigenvalue weighted by atomic mass is 10.1. The molecule has 0 aliphatic carbocycles. The zero-order valence-corrected chi connectivity index (χ0v) is 24.0. The van der Waals surface area contributed by atoms with Gasteiger partial charge in [0.25, 0.3) is 17.7 Å². The van der Waals surface area contributed by atoms with Crippen molar-refractivity contribution in [3.05, 3.63) is 100 Å². The third-order valence-corrected chi connectivity index (χ3v) is 6.20. The number of nitrogens with zero attached hydrogens (tertiary/aromatic N) is 1. The van der Waals surface area contributed by atoms with E-state index in [1.807, 2.05) is 0 Å². The van der Waals surface area contributed by atoms with Crippen molar-refractivity contribution in [2.45, 2.75) is 39.9 Å². The lowest BCUT2D eigenvalue weighted by Crippen LogP contribution is -2.32. The Kier molecular flexibility index (Phi) is 9.07. The lowest BCUT2D eigenvalue weighted by Gasteiger charge is -2.16. The predicted molar refractivity (Wildman–Crippen MR) is 157 cm³/mol. The minimum absolute atomic E-state index is 0.132. The van der Waals surface area contributed by atoms with Gasteiger partial charge in [0.2, 0.25) is 0 Å². The van der Waals surface area contributed by atoms with Crippen molar-refractivity contribution in [3.8, 4) is 0 Å². The maximum Gasteiger partial charge on any atom is 0.338 e. The van der Waals surface area contributed by atoms with Gasteiger partial charge in [-0.1, -0.05) is 17.7 Å². The highest BCUT2D eigenvalue weighted by Crippen LogP contribution is 2.30. The Morgan fingerprint density at radius 1 is 0.714 bits per heavy atom. The van der Waals surface area contributed by atoms with E-state index >= 15 is 0 Å². The van der Waals surface area contributed by atoms with Gasteiger partial charge in [0, 0.05) is 16.9 Å². The zero-order valence-electron chi connectivity index (χ0n) is 23.3. The molecule has 11 heteroatoms. The molecule has 42 heavy (non-hydrogen) atoms. The highest BCUT2D eigenvalue weighted by molar-refractivity contribution is 6.53. The molecular formula is C31H28ClN3O7. The summed E-state index contributed by atoms with van der Waals surface area (Å²) in [5, 5.41) is 5.28. The van der Waals surface area contributed by atoms with Crippen molar-refractivity contribution in [2.75, 3.05) is 15.5 Å². The van der Waals surface area contributed by atoms with Crippen LogP contribution in [0.3, 0.4) is 0 Å². The first-order valence-electron chi connectivity index (χ1n) is 13.0. The first kappa shape index (κ1) is 30.0. The van der Waals surface area contributed by atoms with Crippen LogP contribution >= 0.6 is 11.6 Å². The van der Waals surface area contributed by atoms with Crippen molar-refractivity contribution in [3.63, 3.8) is 0 Å². The number of carbonyl (C=O) groups excluding carboxylic acids is 5. The van der Waals surface area contributed by atoms with Crippen LogP contribution in [0.5, 0.6) is 0 Å². The minimum Gasteiger partial charge on any atom is -0.459 e. The van der Waals surface area contributed by atoms with E-state index < -0.39 is 29.7 Å². The van der Waals surface area contributed by atoms with Crippen molar-refractivity contribution < 1.29 is 33.4 Å². The highest BCUT2D eigenvalue weighted by atomic mass is 35.5. The van der Waals surface area contributed by atoms with Gasteiger partial charge in [-0.2, -0.15) is 0 Å². The topological polar surface area (TPSA) is 131 Å². The van der Waals surface area contributed by atoms with Crippen LogP contribution in [0.2, 0.25) is 0 Å². The van der Waals surface area contributed by atoms with E-state index in [4.69, 9.17) is 21.1 Å². The largest absolute Gasteiger partial charge is 0.459 e. The molecule has 216 valence electrons. The standard InChI is InChI=1S/C31H28ClN3O7/c1-17(2)41-30(39)20-10-14-24(15-11-20)35-28(37)25(32)26(29(35)38)33-22-12-8-19(9-13-22)27(36)34-23-7-5-6-21(16-23)31(40)42-18(3)4/h5-18,33H,1-4H3,(H,34,36). The number of benzene rings is 3. The summed E-state index contributed by atoms with van der Waals surface area (Å²) < 4.78 is 10.3. The summed E-state index contributed by atoms with van der Waals surface area (Å²) in [5.74, 6) is -2.85. The van der Waals surface area contributed by atoms with Crippen LogP contribution in [0.25, 0.3) is 0 Å². The molecule has 3 aromatic rings. The van der Waals surface area contributed by atoms with Gasteiger partial charge in [0.1, 0.15) is 10.7 Å². The predicted octanol–water partition coefficient (Wildman–Crippen LogP) is 5.51. The van der Waals surface area contributed by atoms with Gasteiger partial charge in [-0.15, -0.1) is 0 Å². The van der Waals surface area contributed by atoms with Crippen LogP contribution in [0, 0.1) is 0 Å². The number of anilines is 3. The molecule has 0 atom stereocenters. The smallest absolute Gasteiger partial charge is 0.338 e. The summed E-state index contributed by atoms with van der Waals surface area (Å²) in [4.78, 5) is 63.9. The van der Waals surface area contributed by atoms with Crippen molar-refractivity contribution in [1.82, 2.24) is 0 Å². The van der Waals surface area contributed by atoms with E-state index in [0.717, 1.165) is 4.90 Å². The summed E-state index contributed by atoms with van der Waals surface area (Å²) in [6.07, 6.45) is -0.569. The van der Waals surface area contributed by atoms with E-state index in [-0.39, 0.29) is 34.2 Å². The number of rotatable bonds is 9. The molecule has 0 bridgehead atoms. The van der Waals surface area contributed by atoms with Crippen LogP contribution in [0.4, 0.5) is 17.1 Å². The molecule has 3 amide bonds. The summed E-state index contributed by atoms with van der Waals surface area (Å²) in [5.41, 5.74) is 1.81. The molecule has 1 aliphatic rings.